The molecule has 0 aromatic rings. The van der Waals surface area contributed by atoms with Gasteiger partial charge in [-0.25, -0.2) is 0 Å². The molecular formula is C12H26N3Ni-. The number of aliphatic imine (C=N–C) groups is 1. The number of likely N-dealkylation sites (N-methyl/N-ethyl adjacent to an activating group) is 1. The number of rotatable bonds is 6. The Morgan fingerprint density at radius 3 is 2.12 bits per heavy atom. The average Bonchev–Trinajstić information content (AvgIpc) is 2.13. The van der Waals surface area contributed by atoms with Gasteiger partial charge in [-0.3, -0.25) is 0 Å². The first kappa shape index (κ1) is 18.3. The third-order valence-corrected chi connectivity index (χ3v) is 2.33. The summed E-state index contributed by atoms with van der Waals surface area (Å²) in [5, 5.41) is 4.34. The van der Waals surface area contributed by atoms with E-state index in [9.17, 15) is 0 Å². The molecule has 0 rings (SSSR count). The Labute approximate surface area is 111 Å². The Morgan fingerprint density at radius 2 is 1.75 bits per heavy atom. The van der Waals surface area contributed by atoms with Gasteiger partial charge in [0.2, 0.25) is 0 Å². The van der Waals surface area contributed by atoms with Crippen LogP contribution in [-0.2, 0) is 16.5 Å². The van der Waals surface area contributed by atoms with Gasteiger partial charge in [-0.15, -0.1) is 6.34 Å². The van der Waals surface area contributed by atoms with Crippen molar-refractivity contribution in [3.8, 4) is 0 Å². The number of nitrogens with zero attached hydrogens (tertiary/aromatic N) is 3. The zero-order valence-corrected chi connectivity index (χ0v) is 12.4. The van der Waals surface area contributed by atoms with E-state index in [1.165, 1.54) is 0 Å². The molecule has 0 aliphatic carbocycles. The first-order valence-corrected chi connectivity index (χ1v) is 5.85. The molecular weight excluding hydrogens is 245 g/mol. The molecule has 1 atom stereocenters. The van der Waals surface area contributed by atoms with Crippen molar-refractivity contribution in [3.63, 3.8) is 0 Å². The zero-order valence-electron chi connectivity index (χ0n) is 11.4. The van der Waals surface area contributed by atoms with Gasteiger partial charge in [0.05, 0.1) is 0 Å². The van der Waals surface area contributed by atoms with Crippen LogP contribution in [0.3, 0.4) is 0 Å². The first-order valence-electron chi connectivity index (χ1n) is 5.85. The second-order valence-electron chi connectivity index (χ2n) is 4.85. The smallest absolute Gasteiger partial charge is 0.00597 e. The van der Waals surface area contributed by atoms with E-state index in [-0.39, 0.29) is 22.0 Å². The summed E-state index contributed by atoms with van der Waals surface area (Å²) in [4.78, 5) is 6.73. The van der Waals surface area contributed by atoms with E-state index in [4.69, 9.17) is 0 Å². The van der Waals surface area contributed by atoms with E-state index in [2.05, 4.69) is 56.8 Å². The molecule has 0 aromatic carbocycles. The van der Waals surface area contributed by atoms with E-state index in [0.29, 0.717) is 6.04 Å². The fourth-order valence-corrected chi connectivity index (χ4v) is 1.38. The van der Waals surface area contributed by atoms with Gasteiger partial charge in [0.15, 0.2) is 0 Å². The van der Waals surface area contributed by atoms with Gasteiger partial charge >= 0.3 is 0 Å². The number of hydrogen-bond acceptors (Lipinski definition) is 2. The largest absolute Gasteiger partial charge is 0.470 e. The van der Waals surface area contributed by atoms with Crippen molar-refractivity contribution in [1.82, 2.24) is 4.90 Å². The average molecular weight is 271 g/mol. The Morgan fingerprint density at radius 1 is 1.25 bits per heavy atom. The number of hydrogen-bond donors (Lipinski definition) is 0. The summed E-state index contributed by atoms with van der Waals surface area (Å²) in [5.74, 6) is 0. The minimum Gasteiger partial charge on any atom is -0.470 e. The van der Waals surface area contributed by atoms with Crippen molar-refractivity contribution >= 4 is 6.34 Å². The normalized spacial score (nSPS) is 13.9. The summed E-state index contributed by atoms with van der Waals surface area (Å²) in [7, 11) is 0. The van der Waals surface area contributed by atoms with Crippen molar-refractivity contribution in [2.45, 2.75) is 53.1 Å². The summed E-state index contributed by atoms with van der Waals surface area (Å²) in [6.45, 7) is 15.8. The molecule has 0 fully saturated rings. The van der Waals surface area contributed by atoms with Crippen LogP contribution in [0.4, 0.5) is 0 Å². The quantitative estimate of drug-likeness (QED) is 0.415. The maximum absolute atomic E-state index is 4.34. The summed E-state index contributed by atoms with van der Waals surface area (Å²) >= 11 is 0. The van der Waals surface area contributed by atoms with Gasteiger partial charge in [0, 0.05) is 22.5 Å². The van der Waals surface area contributed by atoms with Gasteiger partial charge in [-0.2, -0.15) is 0 Å². The van der Waals surface area contributed by atoms with Crippen LogP contribution in [0.15, 0.2) is 4.99 Å². The second-order valence-corrected chi connectivity index (χ2v) is 4.85. The van der Waals surface area contributed by atoms with Crippen molar-refractivity contribution < 1.29 is 16.5 Å². The molecule has 0 aromatic heterocycles. The SMILES string of the molecule is CCN(CC)C(C)C[N-]C=NC(C)(C)C.[Ni]. The predicted molar refractivity (Wildman–Crippen MR) is 68.9 cm³/mol. The van der Waals surface area contributed by atoms with E-state index in [1.54, 1.807) is 6.34 Å². The van der Waals surface area contributed by atoms with E-state index >= 15 is 0 Å². The fourth-order valence-electron chi connectivity index (χ4n) is 1.38. The predicted octanol–water partition coefficient (Wildman–Crippen LogP) is 2.91. The maximum atomic E-state index is 4.34. The van der Waals surface area contributed by atoms with Crippen LogP contribution in [0.1, 0.15) is 41.5 Å². The monoisotopic (exact) mass is 270 g/mol. The van der Waals surface area contributed by atoms with Crippen LogP contribution >= 0.6 is 0 Å². The van der Waals surface area contributed by atoms with Gasteiger partial charge in [-0.05, 0) is 32.1 Å². The molecule has 0 aliphatic rings. The molecule has 0 radical (unpaired) electrons. The van der Waals surface area contributed by atoms with Crippen LogP contribution in [0, 0.1) is 0 Å². The summed E-state index contributed by atoms with van der Waals surface area (Å²) < 4.78 is 0. The molecule has 0 saturated heterocycles. The molecule has 1 unspecified atom stereocenters. The third kappa shape index (κ3) is 9.17. The summed E-state index contributed by atoms with van der Waals surface area (Å²) in [5.41, 5.74) is -0.0120. The maximum Gasteiger partial charge on any atom is 0.00597 e. The summed E-state index contributed by atoms with van der Waals surface area (Å²) in [6, 6.07) is 0.506. The molecule has 3 nitrogen and oxygen atoms in total. The molecule has 0 heterocycles. The van der Waals surface area contributed by atoms with Gasteiger partial charge in [0.1, 0.15) is 0 Å². The molecule has 0 bridgehead atoms. The van der Waals surface area contributed by atoms with Crippen LogP contribution in [-0.4, -0.2) is 42.5 Å². The van der Waals surface area contributed by atoms with Crippen LogP contribution < -0.4 is 0 Å². The Bertz CT molecular complexity index is 183. The van der Waals surface area contributed by atoms with Crippen LogP contribution in [0.2, 0.25) is 0 Å². The van der Waals surface area contributed by atoms with Crippen molar-refractivity contribution in [2.24, 2.45) is 4.99 Å². The second kappa shape index (κ2) is 9.01. The molecule has 16 heavy (non-hydrogen) atoms. The first-order chi connectivity index (χ1) is 6.90. The van der Waals surface area contributed by atoms with Crippen molar-refractivity contribution in [2.75, 3.05) is 19.6 Å². The van der Waals surface area contributed by atoms with E-state index < -0.39 is 0 Å². The topological polar surface area (TPSA) is 29.7 Å². The fraction of sp³-hybridized carbons (Fsp3) is 0.917. The Balaban J connectivity index is 0. The van der Waals surface area contributed by atoms with Gasteiger partial charge < -0.3 is 15.2 Å². The minimum atomic E-state index is -0.0120. The minimum absolute atomic E-state index is 0. The molecule has 0 amide bonds. The van der Waals surface area contributed by atoms with Crippen molar-refractivity contribution in [1.29, 1.82) is 0 Å². The van der Waals surface area contributed by atoms with Gasteiger partial charge in [0.25, 0.3) is 0 Å². The summed E-state index contributed by atoms with van der Waals surface area (Å²) in [6.07, 6.45) is 1.71. The van der Waals surface area contributed by atoms with Crippen molar-refractivity contribution in [3.05, 3.63) is 5.32 Å². The Hall–Kier alpha value is -0.0765. The van der Waals surface area contributed by atoms with Gasteiger partial charge in [-0.1, -0.05) is 34.6 Å². The van der Waals surface area contributed by atoms with Crippen LogP contribution in [0.5, 0.6) is 0 Å². The molecule has 0 aliphatic heterocycles. The molecule has 100 valence electrons. The molecule has 0 saturated carbocycles. The standard InChI is InChI=1S/C12H26N3.Ni/c1-7-15(8-2)11(3)9-13-10-14-12(4,5)6;/h10-11H,7-9H2,1-6H3;/q-1;. The van der Waals surface area contributed by atoms with E-state index in [1.807, 2.05) is 0 Å². The molecule has 0 N–H and O–H groups in total. The Kier molecular flexibility index (Phi) is 10.3. The van der Waals surface area contributed by atoms with Crippen LogP contribution in [0.25, 0.3) is 5.32 Å². The third-order valence-electron chi connectivity index (χ3n) is 2.33. The zero-order chi connectivity index (χ0) is 11.9. The van der Waals surface area contributed by atoms with E-state index in [0.717, 1.165) is 19.6 Å². The molecule has 4 heteroatoms. The molecule has 0 spiro atoms.